The van der Waals surface area contributed by atoms with Crippen LogP contribution in [0.3, 0.4) is 0 Å². The Labute approximate surface area is 109 Å². The Morgan fingerprint density at radius 1 is 1.11 bits per heavy atom. The van der Waals surface area contributed by atoms with Crippen LogP contribution in [-0.2, 0) is 15.0 Å². The van der Waals surface area contributed by atoms with E-state index in [0.29, 0.717) is 13.1 Å². The van der Waals surface area contributed by atoms with Gasteiger partial charge in [0.15, 0.2) is 0 Å². The lowest BCUT2D eigenvalue weighted by Crippen LogP contribution is -2.51. The first-order valence-electron chi connectivity index (χ1n) is 5.85. The van der Waals surface area contributed by atoms with Gasteiger partial charge >= 0.3 is 0 Å². The van der Waals surface area contributed by atoms with E-state index in [1.807, 2.05) is 7.05 Å². The maximum absolute atomic E-state index is 12.0. The molecule has 1 rings (SSSR count). The minimum atomic E-state index is -3.51. The molecule has 106 valence electrons. The van der Waals surface area contributed by atoms with Crippen molar-refractivity contribution in [1.82, 2.24) is 18.4 Å². The van der Waals surface area contributed by atoms with Gasteiger partial charge in [0.25, 0.3) is 10.2 Å². The summed E-state index contributed by atoms with van der Waals surface area (Å²) in [5, 5.41) is 0. The van der Waals surface area contributed by atoms with Crippen molar-refractivity contribution in [3.63, 3.8) is 0 Å². The van der Waals surface area contributed by atoms with Crippen molar-refractivity contribution in [1.29, 1.82) is 0 Å². The summed E-state index contributed by atoms with van der Waals surface area (Å²) >= 11 is 0. The van der Waals surface area contributed by atoms with Crippen molar-refractivity contribution in [2.45, 2.75) is 0 Å². The molecule has 1 saturated heterocycles. The highest BCUT2D eigenvalue weighted by atomic mass is 32.2. The molecule has 0 spiro atoms. The molecule has 0 aromatic rings. The van der Waals surface area contributed by atoms with Crippen LogP contribution in [-0.4, -0.2) is 93.6 Å². The molecule has 0 saturated carbocycles. The van der Waals surface area contributed by atoms with Crippen LogP contribution >= 0.6 is 0 Å². The van der Waals surface area contributed by atoms with E-state index < -0.39 is 10.2 Å². The average molecular weight is 278 g/mol. The summed E-state index contributed by atoms with van der Waals surface area (Å²) in [7, 11) is 2.81. The molecule has 0 bridgehead atoms. The zero-order chi connectivity index (χ0) is 13.9. The predicted molar refractivity (Wildman–Crippen MR) is 69.3 cm³/mol. The van der Waals surface area contributed by atoms with Crippen LogP contribution in [0.15, 0.2) is 0 Å². The number of hydrogen-bond acceptors (Lipinski definition) is 4. The number of carbonyl (C=O) groups is 1. The third-order valence-electron chi connectivity index (χ3n) is 3.07. The summed E-state index contributed by atoms with van der Waals surface area (Å²) in [6.45, 7) is 2.87. The van der Waals surface area contributed by atoms with E-state index in [9.17, 15) is 13.2 Å². The highest BCUT2D eigenvalue weighted by Crippen LogP contribution is 2.04. The first-order valence-corrected chi connectivity index (χ1v) is 7.25. The Hall–Kier alpha value is -0.700. The Balaban J connectivity index is 2.55. The van der Waals surface area contributed by atoms with Crippen LogP contribution in [0, 0.1) is 0 Å². The van der Waals surface area contributed by atoms with Crippen molar-refractivity contribution in [3.05, 3.63) is 0 Å². The second-order valence-electron chi connectivity index (χ2n) is 4.73. The van der Waals surface area contributed by atoms with Gasteiger partial charge < -0.3 is 9.80 Å². The standard InChI is InChI=1S/C10H22N4O3S/c1-11(2)18(16,17)13(4)9-10(15)14-7-5-12(3)6-8-14/h5-9H2,1-4H3. The second kappa shape index (κ2) is 5.96. The van der Waals surface area contributed by atoms with Gasteiger partial charge in [-0.2, -0.15) is 17.0 Å². The molecule has 0 aromatic carbocycles. The van der Waals surface area contributed by atoms with E-state index in [4.69, 9.17) is 0 Å². The number of carbonyl (C=O) groups excluding carboxylic acids is 1. The number of amides is 1. The summed E-state index contributed by atoms with van der Waals surface area (Å²) in [5.74, 6) is -0.143. The molecule has 0 atom stereocenters. The maximum Gasteiger partial charge on any atom is 0.281 e. The van der Waals surface area contributed by atoms with Crippen molar-refractivity contribution >= 4 is 16.1 Å². The minimum Gasteiger partial charge on any atom is -0.339 e. The maximum atomic E-state index is 12.0. The SMILES string of the molecule is CN1CCN(C(=O)CN(C)S(=O)(=O)N(C)C)CC1. The van der Waals surface area contributed by atoms with Gasteiger partial charge in [-0.3, -0.25) is 4.79 Å². The molecule has 1 amide bonds. The Bertz CT molecular complexity index is 388. The fourth-order valence-corrected chi connectivity index (χ4v) is 2.54. The van der Waals surface area contributed by atoms with Gasteiger partial charge in [0.05, 0.1) is 6.54 Å². The van der Waals surface area contributed by atoms with Crippen molar-refractivity contribution in [3.8, 4) is 0 Å². The highest BCUT2D eigenvalue weighted by Gasteiger charge is 2.26. The molecule has 1 aliphatic heterocycles. The molecule has 7 nitrogen and oxygen atoms in total. The molecular weight excluding hydrogens is 256 g/mol. The van der Waals surface area contributed by atoms with Gasteiger partial charge in [-0.05, 0) is 7.05 Å². The normalized spacial score (nSPS) is 18.7. The quantitative estimate of drug-likeness (QED) is 0.628. The third kappa shape index (κ3) is 3.64. The van der Waals surface area contributed by atoms with Crippen LogP contribution < -0.4 is 0 Å². The molecule has 18 heavy (non-hydrogen) atoms. The topological polar surface area (TPSA) is 64.2 Å². The number of likely N-dealkylation sites (N-methyl/N-ethyl adjacent to an activating group) is 2. The van der Waals surface area contributed by atoms with Crippen LogP contribution in [0.1, 0.15) is 0 Å². The molecular formula is C10H22N4O3S. The number of piperazine rings is 1. The zero-order valence-corrected chi connectivity index (χ0v) is 12.3. The molecule has 0 N–H and O–H groups in total. The molecule has 1 heterocycles. The summed E-state index contributed by atoms with van der Waals surface area (Å²) < 4.78 is 25.7. The van der Waals surface area contributed by atoms with E-state index in [1.165, 1.54) is 21.1 Å². The first-order chi connectivity index (χ1) is 8.25. The smallest absolute Gasteiger partial charge is 0.281 e. The van der Waals surface area contributed by atoms with E-state index in [0.717, 1.165) is 21.7 Å². The molecule has 0 unspecified atom stereocenters. The van der Waals surface area contributed by atoms with Gasteiger partial charge in [0, 0.05) is 47.3 Å². The molecule has 1 fully saturated rings. The predicted octanol–water partition coefficient (Wildman–Crippen LogP) is -1.50. The van der Waals surface area contributed by atoms with Gasteiger partial charge in [-0.1, -0.05) is 0 Å². The van der Waals surface area contributed by atoms with Crippen LogP contribution in [0.4, 0.5) is 0 Å². The monoisotopic (exact) mass is 278 g/mol. The number of hydrogen-bond donors (Lipinski definition) is 0. The van der Waals surface area contributed by atoms with Gasteiger partial charge in [0.2, 0.25) is 5.91 Å². The highest BCUT2D eigenvalue weighted by molar-refractivity contribution is 7.86. The van der Waals surface area contributed by atoms with Crippen LogP contribution in [0.25, 0.3) is 0 Å². The zero-order valence-electron chi connectivity index (χ0n) is 11.5. The Morgan fingerprint density at radius 2 is 1.61 bits per heavy atom. The second-order valence-corrected chi connectivity index (χ2v) is 6.98. The largest absolute Gasteiger partial charge is 0.339 e. The fraction of sp³-hybridized carbons (Fsp3) is 0.900. The summed E-state index contributed by atoms with van der Waals surface area (Å²) in [5.41, 5.74) is 0. The average Bonchev–Trinajstić information content (AvgIpc) is 2.29. The van der Waals surface area contributed by atoms with E-state index >= 15 is 0 Å². The molecule has 0 aromatic heterocycles. The van der Waals surface area contributed by atoms with Gasteiger partial charge in [0.1, 0.15) is 0 Å². The van der Waals surface area contributed by atoms with E-state index in [1.54, 1.807) is 4.90 Å². The summed E-state index contributed by atoms with van der Waals surface area (Å²) in [4.78, 5) is 15.8. The van der Waals surface area contributed by atoms with Crippen molar-refractivity contribution < 1.29 is 13.2 Å². The lowest BCUT2D eigenvalue weighted by Gasteiger charge is -2.33. The molecule has 0 aliphatic carbocycles. The molecule has 0 radical (unpaired) electrons. The summed E-state index contributed by atoms with van der Waals surface area (Å²) in [6.07, 6.45) is 0. The fourth-order valence-electron chi connectivity index (χ4n) is 1.71. The van der Waals surface area contributed by atoms with Gasteiger partial charge in [-0.15, -0.1) is 0 Å². The van der Waals surface area contributed by atoms with Crippen LogP contribution in [0.5, 0.6) is 0 Å². The van der Waals surface area contributed by atoms with Crippen molar-refractivity contribution in [2.75, 3.05) is 60.9 Å². The van der Waals surface area contributed by atoms with E-state index in [2.05, 4.69) is 4.90 Å². The number of rotatable bonds is 4. The summed E-state index contributed by atoms with van der Waals surface area (Å²) in [6, 6.07) is 0. The molecule has 8 heteroatoms. The molecule has 1 aliphatic rings. The Morgan fingerprint density at radius 3 is 2.06 bits per heavy atom. The van der Waals surface area contributed by atoms with E-state index in [-0.39, 0.29) is 12.5 Å². The minimum absolute atomic E-state index is 0.107. The van der Waals surface area contributed by atoms with Gasteiger partial charge in [-0.25, -0.2) is 0 Å². The number of nitrogens with zero attached hydrogens (tertiary/aromatic N) is 4. The van der Waals surface area contributed by atoms with Crippen LogP contribution in [0.2, 0.25) is 0 Å². The van der Waals surface area contributed by atoms with Crippen molar-refractivity contribution in [2.24, 2.45) is 0 Å². The third-order valence-corrected chi connectivity index (χ3v) is 4.91. The Kier molecular flexibility index (Phi) is 5.09. The first kappa shape index (κ1) is 15.4. The lowest BCUT2D eigenvalue weighted by molar-refractivity contribution is -0.132. The lowest BCUT2D eigenvalue weighted by atomic mass is 10.3.